The van der Waals surface area contributed by atoms with Crippen LogP contribution < -0.4 is 0 Å². The number of hydrogen-bond donors (Lipinski definition) is 0. The monoisotopic (exact) mass is 214 g/mol. The molecule has 0 aliphatic carbocycles. The predicted molar refractivity (Wildman–Crippen MR) is 69.1 cm³/mol. The third kappa shape index (κ3) is 2.71. The van der Waals surface area contributed by atoms with Crippen LogP contribution in [0.5, 0.6) is 0 Å². The van der Waals surface area contributed by atoms with Crippen LogP contribution in [0.3, 0.4) is 0 Å². The van der Waals surface area contributed by atoms with Gasteiger partial charge < -0.3 is 0 Å². The second-order valence-corrected chi connectivity index (χ2v) is 4.24. The Morgan fingerprint density at radius 1 is 1.07 bits per heavy atom. The van der Waals surface area contributed by atoms with Crippen LogP contribution in [-0.4, -0.2) is 0 Å². The normalized spacial score (nSPS) is 9.07. The summed E-state index contributed by atoms with van der Waals surface area (Å²) >= 11 is 1.80. The first-order valence-corrected chi connectivity index (χ1v) is 5.60. The number of terminal acetylenes is 1. The van der Waals surface area contributed by atoms with Crippen LogP contribution in [0.25, 0.3) is 10.4 Å². The van der Waals surface area contributed by atoms with Gasteiger partial charge in [0.05, 0.1) is 0 Å². The van der Waals surface area contributed by atoms with E-state index in [0.29, 0.717) is 0 Å². The van der Waals surface area contributed by atoms with E-state index in [1.165, 1.54) is 21.6 Å². The van der Waals surface area contributed by atoms with Gasteiger partial charge in [-0.1, -0.05) is 29.8 Å². The molecule has 0 saturated carbocycles. The standard InChI is InChI=1S/C12H12S.C2H2/c1-9-5-6-10(2)11(8-9)12-4-3-7-13-12;1-2/h3-8H,1-2H3;1-2H. The molecule has 0 fully saturated rings. The van der Waals surface area contributed by atoms with Crippen molar-refractivity contribution in [3.8, 4) is 23.3 Å². The average Bonchev–Trinajstić information content (AvgIpc) is 2.78. The summed E-state index contributed by atoms with van der Waals surface area (Å²) in [6.45, 7) is 4.30. The van der Waals surface area contributed by atoms with Crippen LogP contribution >= 0.6 is 11.3 Å². The predicted octanol–water partition coefficient (Wildman–Crippen LogP) is 4.28. The lowest BCUT2D eigenvalue weighted by Gasteiger charge is -2.03. The lowest BCUT2D eigenvalue weighted by Crippen LogP contribution is -1.81. The Labute approximate surface area is 95.6 Å². The first-order valence-electron chi connectivity index (χ1n) is 4.72. The van der Waals surface area contributed by atoms with Crippen molar-refractivity contribution in [2.75, 3.05) is 0 Å². The molecular weight excluding hydrogens is 200 g/mol. The van der Waals surface area contributed by atoms with E-state index in [1.807, 2.05) is 0 Å². The molecule has 2 aromatic rings. The van der Waals surface area contributed by atoms with Crippen molar-refractivity contribution in [3.05, 3.63) is 46.8 Å². The van der Waals surface area contributed by atoms with E-state index in [1.54, 1.807) is 11.3 Å². The zero-order valence-corrected chi connectivity index (χ0v) is 9.84. The van der Waals surface area contributed by atoms with Gasteiger partial charge in [0.25, 0.3) is 0 Å². The minimum atomic E-state index is 1.33. The van der Waals surface area contributed by atoms with Crippen molar-refractivity contribution < 1.29 is 0 Å². The molecule has 0 atom stereocenters. The summed E-state index contributed by atoms with van der Waals surface area (Å²) < 4.78 is 0. The van der Waals surface area contributed by atoms with Crippen molar-refractivity contribution in [2.45, 2.75) is 13.8 Å². The summed E-state index contributed by atoms with van der Waals surface area (Å²) in [7, 11) is 0. The molecule has 0 N–H and O–H groups in total. The van der Waals surface area contributed by atoms with E-state index in [9.17, 15) is 0 Å². The molecule has 1 heterocycles. The van der Waals surface area contributed by atoms with Gasteiger partial charge in [0.15, 0.2) is 0 Å². The summed E-state index contributed by atoms with van der Waals surface area (Å²) in [5.41, 5.74) is 4.05. The van der Waals surface area contributed by atoms with Crippen LogP contribution in [-0.2, 0) is 0 Å². The van der Waals surface area contributed by atoms with Crippen molar-refractivity contribution in [2.24, 2.45) is 0 Å². The van der Waals surface area contributed by atoms with Crippen LogP contribution in [0.2, 0.25) is 0 Å². The van der Waals surface area contributed by atoms with Gasteiger partial charge in [0.2, 0.25) is 0 Å². The Balaban J connectivity index is 0.000000531. The third-order valence-electron chi connectivity index (χ3n) is 2.18. The molecule has 0 unspecified atom stereocenters. The number of thiophene rings is 1. The smallest absolute Gasteiger partial charge is 0.0345 e. The van der Waals surface area contributed by atoms with E-state index in [4.69, 9.17) is 0 Å². The second kappa shape index (κ2) is 5.38. The first-order chi connectivity index (χ1) is 7.27. The molecule has 1 aromatic heterocycles. The van der Waals surface area contributed by atoms with E-state index < -0.39 is 0 Å². The zero-order valence-electron chi connectivity index (χ0n) is 9.03. The number of benzene rings is 1. The molecule has 0 aliphatic heterocycles. The Kier molecular flexibility index (Phi) is 4.15. The molecule has 1 heteroatoms. The number of hydrogen-bond acceptors (Lipinski definition) is 1. The summed E-state index contributed by atoms with van der Waals surface area (Å²) in [6.07, 6.45) is 8.00. The first kappa shape index (κ1) is 11.6. The van der Waals surface area contributed by atoms with Crippen LogP contribution in [0.4, 0.5) is 0 Å². The van der Waals surface area contributed by atoms with Crippen molar-refractivity contribution in [1.82, 2.24) is 0 Å². The van der Waals surface area contributed by atoms with Gasteiger partial charge in [0.1, 0.15) is 0 Å². The molecule has 76 valence electrons. The second-order valence-electron chi connectivity index (χ2n) is 3.30. The lowest BCUT2D eigenvalue weighted by atomic mass is 10.0. The molecule has 0 bridgehead atoms. The molecule has 0 radical (unpaired) electrons. The van der Waals surface area contributed by atoms with E-state index in [2.05, 4.69) is 62.4 Å². The molecular formula is C14H14S. The summed E-state index contributed by atoms with van der Waals surface area (Å²) in [4.78, 5) is 1.36. The Hall–Kier alpha value is -1.52. The van der Waals surface area contributed by atoms with Gasteiger partial charge in [0, 0.05) is 4.88 Å². The highest BCUT2D eigenvalue weighted by atomic mass is 32.1. The SMILES string of the molecule is C#C.Cc1ccc(C)c(-c2cccs2)c1. The molecule has 0 spiro atoms. The summed E-state index contributed by atoms with van der Waals surface area (Å²) in [5.74, 6) is 0. The number of aryl methyl sites for hydroxylation is 2. The highest BCUT2D eigenvalue weighted by Crippen LogP contribution is 2.28. The maximum absolute atomic E-state index is 4.00. The Morgan fingerprint density at radius 3 is 2.40 bits per heavy atom. The molecule has 1 aromatic carbocycles. The fraction of sp³-hybridized carbons (Fsp3) is 0.143. The zero-order chi connectivity index (χ0) is 11.3. The van der Waals surface area contributed by atoms with Crippen molar-refractivity contribution in [3.63, 3.8) is 0 Å². The highest BCUT2D eigenvalue weighted by molar-refractivity contribution is 7.13. The van der Waals surface area contributed by atoms with Gasteiger partial charge in [-0.3, -0.25) is 0 Å². The average molecular weight is 214 g/mol. The van der Waals surface area contributed by atoms with Gasteiger partial charge in [-0.25, -0.2) is 0 Å². The van der Waals surface area contributed by atoms with Gasteiger partial charge in [-0.2, -0.15) is 0 Å². The van der Waals surface area contributed by atoms with E-state index in [0.717, 1.165) is 0 Å². The molecule has 15 heavy (non-hydrogen) atoms. The molecule has 0 amide bonds. The van der Waals surface area contributed by atoms with Gasteiger partial charge in [-0.15, -0.1) is 24.2 Å². The van der Waals surface area contributed by atoms with E-state index in [-0.39, 0.29) is 0 Å². The Bertz CT molecular complexity index is 436. The quantitative estimate of drug-likeness (QED) is 0.621. The number of rotatable bonds is 1. The van der Waals surface area contributed by atoms with Crippen molar-refractivity contribution in [1.29, 1.82) is 0 Å². The third-order valence-corrected chi connectivity index (χ3v) is 3.08. The molecule has 0 saturated heterocycles. The lowest BCUT2D eigenvalue weighted by molar-refractivity contribution is 1.40. The van der Waals surface area contributed by atoms with Crippen LogP contribution in [0, 0.1) is 26.7 Å². The topological polar surface area (TPSA) is 0 Å². The van der Waals surface area contributed by atoms with Crippen molar-refractivity contribution >= 4 is 11.3 Å². The summed E-state index contributed by atoms with van der Waals surface area (Å²) in [5, 5.41) is 2.12. The minimum absolute atomic E-state index is 1.33. The van der Waals surface area contributed by atoms with Crippen LogP contribution in [0.1, 0.15) is 11.1 Å². The largest absolute Gasteiger partial charge is 0.144 e. The fourth-order valence-corrected chi connectivity index (χ4v) is 2.24. The fourth-order valence-electron chi connectivity index (χ4n) is 1.43. The van der Waals surface area contributed by atoms with Crippen LogP contribution in [0.15, 0.2) is 35.7 Å². The van der Waals surface area contributed by atoms with Gasteiger partial charge >= 0.3 is 0 Å². The molecule has 2 rings (SSSR count). The van der Waals surface area contributed by atoms with Gasteiger partial charge in [-0.05, 0) is 36.4 Å². The highest BCUT2D eigenvalue weighted by Gasteiger charge is 2.01. The minimum Gasteiger partial charge on any atom is -0.144 e. The summed E-state index contributed by atoms with van der Waals surface area (Å²) in [6, 6.07) is 10.9. The maximum atomic E-state index is 4.00. The molecule has 0 aliphatic rings. The van der Waals surface area contributed by atoms with E-state index >= 15 is 0 Å². The maximum Gasteiger partial charge on any atom is 0.0345 e. The Morgan fingerprint density at radius 2 is 1.80 bits per heavy atom. The molecule has 0 nitrogen and oxygen atoms in total.